The van der Waals surface area contributed by atoms with E-state index in [1.54, 1.807) is 30.5 Å². The average molecular weight is 454 g/mol. The molecule has 0 fully saturated rings. The number of benzene rings is 1. The molecule has 1 N–H and O–H groups in total. The van der Waals surface area contributed by atoms with Gasteiger partial charge in [0.15, 0.2) is 10.8 Å². The predicted octanol–water partition coefficient (Wildman–Crippen LogP) is 5.33. The number of hydrogen-bond donors (Lipinski definition) is 1. The Morgan fingerprint density at radius 1 is 1.09 bits per heavy atom. The van der Waals surface area contributed by atoms with Gasteiger partial charge in [-0.15, -0.1) is 5.10 Å². The van der Waals surface area contributed by atoms with Crippen LogP contribution in [0.15, 0.2) is 65.5 Å². The molecule has 0 amide bonds. The monoisotopic (exact) mass is 453 g/mol. The van der Waals surface area contributed by atoms with Crippen LogP contribution in [0.25, 0.3) is 28.2 Å². The van der Waals surface area contributed by atoms with E-state index >= 15 is 0 Å². The third-order valence-electron chi connectivity index (χ3n) is 4.91. The molecule has 4 heterocycles. The Kier molecular flexibility index (Phi) is 5.02. The summed E-state index contributed by atoms with van der Waals surface area (Å²) in [7, 11) is 0. The zero-order valence-electron chi connectivity index (χ0n) is 16.3. The highest BCUT2D eigenvalue weighted by atomic mass is 35.5. The van der Waals surface area contributed by atoms with Crippen molar-refractivity contribution in [2.24, 2.45) is 0 Å². The molecule has 160 valence electrons. The van der Waals surface area contributed by atoms with Crippen LogP contribution in [0.2, 0.25) is 5.15 Å². The minimum Gasteiger partial charge on any atom is -0.493 e. The first kappa shape index (κ1) is 20.1. The smallest absolute Gasteiger partial charge is 0.263 e. The van der Waals surface area contributed by atoms with Crippen LogP contribution in [-0.4, -0.2) is 29.7 Å². The van der Waals surface area contributed by atoms with Gasteiger partial charge < -0.3 is 9.52 Å². The van der Waals surface area contributed by atoms with Crippen LogP contribution in [0.1, 0.15) is 23.4 Å². The van der Waals surface area contributed by atoms with Gasteiger partial charge in [0.2, 0.25) is 5.88 Å². The lowest BCUT2D eigenvalue weighted by Crippen LogP contribution is -1.98. The second kappa shape index (κ2) is 8.01. The quantitative estimate of drug-likeness (QED) is 0.386. The maximum atomic E-state index is 13.2. The molecule has 0 saturated heterocycles. The topological polar surface area (TPSA) is 89.3 Å². The number of hydrogen-bond acceptors (Lipinski definition) is 6. The Morgan fingerprint density at radius 3 is 2.72 bits per heavy atom. The normalized spacial score (nSPS) is 11.5. The van der Waals surface area contributed by atoms with Crippen molar-refractivity contribution in [1.29, 1.82) is 0 Å². The minimum atomic E-state index is -2.62. The standard InChI is InChI=1S/C22H14ClF2N5O2/c23-18-8-14(10-26-29-18)19-21-28-16(9-15-5-2-6-32-15)22(31)30(21)11-17(27-19)12-3-1-4-13(7-12)20(24)25/h1-8,10-11,20,31H,9H2. The molecular formula is C22H14ClF2N5O2. The van der Waals surface area contributed by atoms with Crippen molar-refractivity contribution in [2.75, 3.05) is 0 Å². The van der Waals surface area contributed by atoms with E-state index in [0.29, 0.717) is 39.6 Å². The van der Waals surface area contributed by atoms with Crippen molar-refractivity contribution >= 4 is 17.2 Å². The van der Waals surface area contributed by atoms with Crippen LogP contribution >= 0.6 is 11.6 Å². The maximum absolute atomic E-state index is 13.2. The zero-order chi connectivity index (χ0) is 22.2. The SMILES string of the molecule is Oc1c(Cc2ccco2)nc2c(-c3cnnc(Cl)c3)nc(-c3cccc(C(F)F)c3)cn12. The summed E-state index contributed by atoms with van der Waals surface area (Å²) < 4.78 is 33.3. The highest BCUT2D eigenvalue weighted by Gasteiger charge is 2.20. The first-order chi connectivity index (χ1) is 15.5. The van der Waals surface area contributed by atoms with E-state index in [9.17, 15) is 13.9 Å². The van der Waals surface area contributed by atoms with Gasteiger partial charge in [-0.05, 0) is 24.3 Å². The molecule has 32 heavy (non-hydrogen) atoms. The van der Waals surface area contributed by atoms with Gasteiger partial charge in [0.25, 0.3) is 6.43 Å². The fraction of sp³-hybridized carbons (Fsp3) is 0.0909. The number of alkyl halides is 2. The van der Waals surface area contributed by atoms with E-state index in [1.165, 1.54) is 35.1 Å². The number of aromatic hydroxyl groups is 1. The van der Waals surface area contributed by atoms with Crippen molar-refractivity contribution < 1.29 is 18.3 Å². The van der Waals surface area contributed by atoms with Crippen molar-refractivity contribution in [3.63, 3.8) is 0 Å². The lowest BCUT2D eigenvalue weighted by molar-refractivity contribution is 0.151. The Hall–Kier alpha value is -3.85. The Morgan fingerprint density at radius 2 is 1.97 bits per heavy atom. The van der Waals surface area contributed by atoms with Crippen LogP contribution in [0.4, 0.5) is 8.78 Å². The summed E-state index contributed by atoms with van der Waals surface area (Å²) in [5.74, 6) is 0.510. The molecule has 5 aromatic rings. The van der Waals surface area contributed by atoms with E-state index in [1.807, 2.05) is 0 Å². The molecule has 0 radical (unpaired) electrons. The Bertz CT molecular complexity index is 1420. The van der Waals surface area contributed by atoms with E-state index in [4.69, 9.17) is 16.0 Å². The van der Waals surface area contributed by atoms with Gasteiger partial charge in [-0.25, -0.2) is 18.7 Å². The third kappa shape index (κ3) is 3.67. The molecule has 0 bridgehead atoms. The first-order valence-electron chi connectivity index (χ1n) is 9.50. The summed E-state index contributed by atoms with van der Waals surface area (Å²) >= 11 is 6.02. The van der Waals surface area contributed by atoms with Crippen molar-refractivity contribution in [3.05, 3.63) is 83.3 Å². The van der Waals surface area contributed by atoms with Gasteiger partial charge in [-0.1, -0.05) is 29.8 Å². The molecule has 0 spiro atoms. The number of fused-ring (bicyclic) bond motifs is 1. The third-order valence-corrected chi connectivity index (χ3v) is 5.09. The molecule has 4 aromatic heterocycles. The second-order valence-electron chi connectivity index (χ2n) is 7.00. The van der Waals surface area contributed by atoms with E-state index < -0.39 is 6.43 Å². The highest BCUT2D eigenvalue weighted by molar-refractivity contribution is 6.29. The van der Waals surface area contributed by atoms with Crippen LogP contribution in [0.5, 0.6) is 5.88 Å². The number of furan rings is 1. The van der Waals surface area contributed by atoms with Crippen molar-refractivity contribution in [1.82, 2.24) is 24.6 Å². The number of nitrogens with zero attached hydrogens (tertiary/aromatic N) is 5. The summed E-state index contributed by atoms with van der Waals surface area (Å²) in [5, 5.41) is 18.6. The molecule has 0 atom stereocenters. The van der Waals surface area contributed by atoms with Gasteiger partial charge in [0, 0.05) is 22.9 Å². The van der Waals surface area contributed by atoms with Crippen LogP contribution < -0.4 is 0 Å². The molecule has 10 heteroatoms. The Labute approximate surface area is 185 Å². The summed E-state index contributed by atoms with van der Waals surface area (Å²) in [6.07, 6.45) is 2.18. The average Bonchev–Trinajstić information content (AvgIpc) is 3.42. The van der Waals surface area contributed by atoms with Crippen LogP contribution in [0.3, 0.4) is 0 Å². The molecule has 0 saturated carbocycles. The van der Waals surface area contributed by atoms with Gasteiger partial charge >= 0.3 is 0 Å². The summed E-state index contributed by atoms with van der Waals surface area (Å²) in [4.78, 5) is 9.20. The van der Waals surface area contributed by atoms with Gasteiger partial charge in [-0.3, -0.25) is 4.40 Å². The number of imidazole rings is 1. The summed E-state index contributed by atoms with van der Waals surface area (Å²) in [5.41, 5.74) is 2.28. The molecule has 0 unspecified atom stereocenters. The lowest BCUT2D eigenvalue weighted by atomic mass is 10.1. The summed E-state index contributed by atoms with van der Waals surface area (Å²) in [6, 6.07) is 11.0. The molecule has 0 aliphatic heterocycles. The molecule has 0 aliphatic carbocycles. The first-order valence-corrected chi connectivity index (χ1v) is 9.88. The van der Waals surface area contributed by atoms with E-state index in [-0.39, 0.29) is 23.0 Å². The Balaban J connectivity index is 1.74. The molecular weight excluding hydrogens is 440 g/mol. The van der Waals surface area contributed by atoms with Crippen molar-refractivity contribution in [2.45, 2.75) is 12.8 Å². The fourth-order valence-corrected chi connectivity index (χ4v) is 3.58. The number of aromatic nitrogens is 5. The largest absolute Gasteiger partial charge is 0.493 e. The predicted molar refractivity (Wildman–Crippen MR) is 113 cm³/mol. The van der Waals surface area contributed by atoms with Gasteiger partial charge in [0.05, 0.1) is 24.6 Å². The van der Waals surface area contributed by atoms with Gasteiger partial charge in [-0.2, -0.15) is 5.10 Å². The second-order valence-corrected chi connectivity index (χ2v) is 7.39. The fourth-order valence-electron chi connectivity index (χ4n) is 3.42. The maximum Gasteiger partial charge on any atom is 0.263 e. The minimum absolute atomic E-state index is 0.112. The van der Waals surface area contributed by atoms with Crippen LogP contribution in [0, 0.1) is 0 Å². The van der Waals surface area contributed by atoms with E-state index in [2.05, 4.69) is 20.2 Å². The molecule has 7 nitrogen and oxygen atoms in total. The molecule has 1 aromatic carbocycles. The van der Waals surface area contributed by atoms with E-state index in [0.717, 1.165) is 0 Å². The zero-order valence-corrected chi connectivity index (χ0v) is 17.0. The van der Waals surface area contributed by atoms with Crippen molar-refractivity contribution in [3.8, 4) is 28.4 Å². The molecule has 0 aliphatic rings. The lowest BCUT2D eigenvalue weighted by Gasteiger charge is -2.09. The number of halogens is 3. The van der Waals surface area contributed by atoms with Crippen LogP contribution in [-0.2, 0) is 6.42 Å². The summed E-state index contributed by atoms with van der Waals surface area (Å²) in [6.45, 7) is 0. The number of rotatable bonds is 5. The molecule has 5 rings (SSSR count). The highest BCUT2D eigenvalue weighted by Crippen LogP contribution is 2.33. The van der Waals surface area contributed by atoms with Gasteiger partial charge in [0.1, 0.15) is 17.1 Å².